The molecule has 114 valence electrons. The first-order chi connectivity index (χ1) is 9.45. The second-order valence-corrected chi connectivity index (χ2v) is 4.77. The molecule has 0 aromatic rings. The summed E-state index contributed by atoms with van der Waals surface area (Å²) in [6, 6.07) is -1.44. The van der Waals surface area contributed by atoms with Gasteiger partial charge in [0.1, 0.15) is 6.04 Å². The van der Waals surface area contributed by atoms with E-state index < -0.39 is 36.2 Å². The molecule has 0 aromatic carbocycles. The Labute approximate surface area is 117 Å². The molecule has 1 heterocycles. The second kappa shape index (κ2) is 7.81. The quantitative estimate of drug-likeness (QED) is 0.427. The highest BCUT2D eigenvalue weighted by Gasteiger charge is 2.35. The van der Waals surface area contributed by atoms with Crippen molar-refractivity contribution in [3.63, 3.8) is 0 Å². The van der Waals surface area contributed by atoms with Crippen LogP contribution in [0.5, 0.6) is 0 Å². The number of hydrogen-bond donors (Lipinski definition) is 4. The number of amides is 2. The van der Waals surface area contributed by atoms with Gasteiger partial charge in [0.25, 0.3) is 0 Å². The molecule has 2 amide bonds. The summed E-state index contributed by atoms with van der Waals surface area (Å²) >= 11 is 0. The van der Waals surface area contributed by atoms with Crippen LogP contribution < -0.4 is 16.4 Å². The fraction of sp³-hybridized carbons (Fsp3) is 0.750. The SMILES string of the molecule is CCCNC1COCC1C(=O)N[C@@H](CC(N)=O)C(=O)O. The minimum absolute atomic E-state index is 0.141. The van der Waals surface area contributed by atoms with E-state index in [2.05, 4.69) is 10.6 Å². The zero-order chi connectivity index (χ0) is 15.1. The van der Waals surface area contributed by atoms with Gasteiger partial charge in [0.2, 0.25) is 11.8 Å². The second-order valence-electron chi connectivity index (χ2n) is 4.77. The van der Waals surface area contributed by atoms with Crippen LogP contribution in [-0.2, 0) is 19.1 Å². The largest absolute Gasteiger partial charge is 0.480 e. The predicted octanol–water partition coefficient (Wildman–Crippen LogP) is -1.55. The van der Waals surface area contributed by atoms with Gasteiger partial charge in [-0.05, 0) is 13.0 Å². The average Bonchev–Trinajstić information content (AvgIpc) is 2.83. The highest BCUT2D eigenvalue weighted by atomic mass is 16.5. The number of hydrogen-bond acceptors (Lipinski definition) is 5. The lowest BCUT2D eigenvalue weighted by atomic mass is 10.0. The normalized spacial score (nSPS) is 23.2. The van der Waals surface area contributed by atoms with E-state index in [4.69, 9.17) is 15.6 Å². The Kier molecular flexibility index (Phi) is 6.40. The smallest absolute Gasteiger partial charge is 0.326 e. The number of ether oxygens (including phenoxy) is 1. The zero-order valence-corrected chi connectivity index (χ0v) is 11.4. The summed E-state index contributed by atoms with van der Waals surface area (Å²) in [5, 5.41) is 14.5. The summed E-state index contributed by atoms with van der Waals surface area (Å²) < 4.78 is 5.25. The Morgan fingerprint density at radius 3 is 2.65 bits per heavy atom. The van der Waals surface area contributed by atoms with Gasteiger partial charge in [0.05, 0.1) is 25.6 Å². The van der Waals surface area contributed by atoms with Crippen LogP contribution >= 0.6 is 0 Å². The fourth-order valence-electron chi connectivity index (χ4n) is 2.02. The van der Waals surface area contributed by atoms with Gasteiger partial charge in [0.15, 0.2) is 0 Å². The van der Waals surface area contributed by atoms with Crippen molar-refractivity contribution in [2.45, 2.75) is 31.8 Å². The number of carbonyl (C=O) groups is 3. The highest BCUT2D eigenvalue weighted by molar-refractivity contribution is 5.89. The summed E-state index contributed by atoms with van der Waals surface area (Å²) in [6.45, 7) is 3.40. The van der Waals surface area contributed by atoms with E-state index in [1.807, 2.05) is 6.92 Å². The summed E-state index contributed by atoms with van der Waals surface area (Å²) in [5.74, 6) is -2.96. The van der Waals surface area contributed by atoms with Crippen LogP contribution in [0.3, 0.4) is 0 Å². The van der Waals surface area contributed by atoms with Crippen molar-refractivity contribution in [2.24, 2.45) is 11.7 Å². The van der Waals surface area contributed by atoms with Crippen molar-refractivity contribution in [1.82, 2.24) is 10.6 Å². The topological polar surface area (TPSA) is 131 Å². The van der Waals surface area contributed by atoms with Gasteiger partial charge >= 0.3 is 5.97 Å². The number of carboxylic acids is 1. The van der Waals surface area contributed by atoms with Crippen LogP contribution in [-0.4, -0.2) is 54.7 Å². The molecule has 1 fully saturated rings. The Morgan fingerprint density at radius 1 is 1.40 bits per heavy atom. The van der Waals surface area contributed by atoms with Crippen LogP contribution in [0.1, 0.15) is 19.8 Å². The van der Waals surface area contributed by atoms with E-state index in [0.717, 1.165) is 13.0 Å². The standard InChI is InChI=1S/C12H21N3O5/c1-2-3-14-9-6-20-5-7(9)11(17)15-8(12(18)19)4-10(13)16/h7-9,14H,2-6H2,1H3,(H2,13,16)(H,15,17)(H,18,19)/t7?,8-,9?/m0/s1. The van der Waals surface area contributed by atoms with Gasteiger partial charge in [-0.3, -0.25) is 9.59 Å². The monoisotopic (exact) mass is 287 g/mol. The number of nitrogens with two attached hydrogens (primary N) is 1. The van der Waals surface area contributed by atoms with Crippen molar-refractivity contribution < 1.29 is 24.2 Å². The molecule has 8 nitrogen and oxygen atoms in total. The van der Waals surface area contributed by atoms with Crippen molar-refractivity contribution in [3.05, 3.63) is 0 Å². The molecule has 5 N–H and O–H groups in total. The van der Waals surface area contributed by atoms with E-state index in [1.165, 1.54) is 0 Å². The van der Waals surface area contributed by atoms with Crippen LogP contribution in [0.25, 0.3) is 0 Å². The van der Waals surface area contributed by atoms with Crippen LogP contribution in [0, 0.1) is 5.92 Å². The lowest BCUT2D eigenvalue weighted by molar-refractivity contribution is -0.144. The van der Waals surface area contributed by atoms with E-state index in [-0.39, 0.29) is 12.6 Å². The van der Waals surface area contributed by atoms with Crippen molar-refractivity contribution in [3.8, 4) is 0 Å². The number of nitrogens with one attached hydrogen (secondary N) is 2. The Hall–Kier alpha value is -1.67. The molecule has 20 heavy (non-hydrogen) atoms. The molecule has 1 saturated heterocycles. The molecule has 1 rings (SSSR count). The highest BCUT2D eigenvalue weighted by Crippen LogP contribution is 2.14. The molecule has 2 unspecified atom stereocenters. The number of carboxylic acid groups (broad SMARTS) is 1. The molecule has 0 aromatic heterocycles. The number of primary amides is 1. The van der Waals surface area contributed by atoms with E-state index in [1.54, 1.807) is 0 Å². The van der Waals surface area contributed by atoms with Crippen LogP contribution in [0.2, 0.25) is 0 Å². The minimum atomic E-state index is -1.30. The van der Waals surface area contributed by atoms with Crippen LogP contribution in [0.15, 0.2) is 0 Å². The van der Waals surface area contributed by atoms with Gasteiger partial charge in [-0.15, -0.1) is 0 Å². The van der Waals surface area contributed by atoms with Gasteiger partial charge in [-0.1, -0.05) is 6.92 Å². The van der Waals surface area contributed by atoms with Gasteiger partial charge < -0.3 is 26.2 Å². The zero-order valence-electron chi connectivity index (χ0n) is 11.4. The molecular formula is C12H21N3O5. The average molecular weight is 287 g/mol. The first kappa shape index (κ1) is 16.4. The molecule has 8 heteroatoms. The third-order valence-electron chi connectivity index (χ3n) is 3.09. The molecule has 3 atom stereocenters. The lowest BCUT2D eigenvalue weighted by Gasteiger charge is -2.20. The van der Waals surface area contributed by atoms with E-state index >= 15 is 0 Å². The van der Waals surface area contributed by atoms with E-state index in [0.29, 0.717) is 6.61 Å². The molecule has 0 radical (unpaired) electrons. The third kappa shape index (κ3) is 4.78. The maximum absolute atomic E-state index is 12.1. The molecule has 0 spiro atoms. The summed E-state index contributed by atoms with van der Waals surface area (Å²) in [6.07, 6.45) is 0.492. The first-order valence-electron chi connectivity index (χ1n) is 6.58. The number of rotatable bonds is 8. The third-order valence-corrected chi connectivity index (χ3v) is 3.09. The first-order valence-corrected chi connectivity index (χ1v) is 6.58. The minimum Gasteiger partial charge on any atom is -0.480 e. The predicted molar refractivity (Wildman–Crippen MR) is 69.8 cm³/mol. The fourth-order valence-corrected chi connectivity index (χ4v) is 2.02. The van der Waals surface area contributed by atoms with Gasteiger partial charge in [-0.25, -0.2) is 4.79 Å². The molecule has 1 aliphatic rings. The molecule has 0 aliphatic carbocycles. The van der Waals surface area contributed by atoms with E-state index in [9.17, 15) is 14.4 Å². The van der Waals surface area contributed by atoms with Crippen molar-refractivity contribution in [2.75, 3.05) is 19.8 Å². The molecule has 0 bridgehead atoms. The summed E-state index contributed by atoms with van der Waals surface area (Å²) in [7, 11) is 0. The number of aliphatic carboxylic acids is 1. The summed E-state index contributed by atoms with van der Waals surface area (Å²) in [5.41, 5.74) is 4.96. The Morgan fingerprint density at radius 2 is 2.10 bits per heavy atom. The molecular weight excluding hydrogens is 266 g/mol. The summed E-state index contributed by atoms with van der Waals surface area (Å²) in [4.78, 5) is 33.8. The van der Waals surface area contributed by atoms with Gasteiger partial charge in [-0.2, -0.15) is 0 Å². The lowest BCUT2D eigenvalue weighted by Crippen LogP contribution is -2.50. The maximum atomic E-state index is 12.1. The maximum Gasteiger partial charge on any atom is 0.326 e. The Balaban J connectivity index is 2.58. The Bertz CT molecular complexity index is 374. The van der Waals surface area contributed by atoms with Crippen molar-refractivity contribution >= 4 is 17.8 Å². The van der Waals surface area contributed by atoms with Crippen molar-refractivity contribution in [1.29, 1.82) is 0 Å². The molecule has 0 saturated carbocycles. The van der Waals surface area contributed by atoms with Gasteiger partial charge in [0, 0.05) is 6.04 Å². The molecule has 1 aliphatic heterocycles. The van der Waals surface area contributed by atoms with Crippen LogP contribution in [0.4, 0.5) is 0 Å². The number of carbonyl (C=O) groups excluding carboxylic acids is 2.